The zero-order valence-corrected chi connectivity index (χ0v) is 17.4. The third-order valence-corrected chi connectivity index (χ3v) is 4.54. The van der Waals surface area contributed by atoms with Crippen molar-refractivity contribution >= 4 is 52.1 Å². The number of nitrogen functional groups attached to an aromatic ring is 1. The van der Waals surface area contributed by atoms with Gasteiger partial charge >= 0.3 is 6.03 Å². The van der Waals surface area contributed by atoms with Gasteiger partial charge in [-0.2, -0.15) is 0 Å². The van der Waals surface area contributed by atoms with Crippen molar-refractivity contribution in [2.75, 3.05) is 11.1 Å². The summed E-state index contributed by atoms with van der Waals surface area (Å²) in [6.45, 7) is 5.88. The van der Waals surface area contributed by atoms with E-state index in [0.29, 0.717) is 27.8 Å². The average molecular weight is 420 g/mol. The largest absolute Gasteiger partial charge is 0.401 e. The van der Waals surface area contributed by atoms with Crippen molar-refractivity contribution in [1.29, 1.82) is 0 Å². The first-order chi connectivity index (χ1) is 13.1. The molecule has 0 radical (unpaired) electrons. The Morgan fingerprint density at radius 1 is 1.14 bits per heavy atom. The minimum atomic E-state index is -0.537. The van der Waals surface area contributed by atoms with Crippen LogP contribution in [0.5, 0.6) is 0 Å². The van der Waals surface area contributed by atoms with Crippen LogP contribution >= 0.6 is 23.2 Å². The van der Waals surface area contributed by atoms with Gasteiger partial charge in [0.1, 0.15) is 5.84 Å². The molecule has 8 heteroatoms. The second-order valence-electron chi connectivity index (χ2n) is 7.12. The van der Waals surface area contributed by atoms with Crippen LogP contribution in [0, 0.1) is 5.41 Å². The molecule has 0 heterocycles. The highest BCUT2D eigenvalue weighted by Gasteiger charge is 2.16. The Balaban J connectivity index is 2.31. The fraction of sp³-hybridized carbons (Fsp3) is 0.200. The molecule has 0 atom stereocenters. The number of aliphatic imine (C=N–C) groups is 1. The third-order valence-electron chi connectivity index (χ3n) is 3.72. The van der Waals surface area contributed by atoms with Gasteiger partial charge in [0.25, 0.3) is 0 Å². The van der Waals surface area contributed by atoms with Gasteiger partial charge in [-0.3, -0.25) is 5.32 Å². The van der Waals surface area contributed by atoms with Gasteiger partial charge in [0.2, 0.25) is 0 Å². The normalized spacial score (nSPS) is 12.6. The molecule has 2 rings (SSSR count). The molecule has 0 aliphatic rings. The van der Waals surface area contributed by atoms with E-state index in [2.05, 4.69) is 15.6 Å². The smallest absolute Gasteiger partial charge is 0.324 e. The van der Waals surface area contributed by atoms with E-state index < -0.39 is 6.03 Å². The highest BCUT2D eigenvalue weighted by Crippen LogP contribution is 2.29. The molecule has 6 nitrogen and oxygen atoms in total. The van der Waals surface area contributed by atoms with E-state index in [-0.39, 0.29) is 16.3 Å². The molecule has 0 spiro atoms. The van der Waals surface area contributed by atoms with Gasteiger partial charge in [-0.05, 0) is 30.3 Å². The highest BCUT2D eigenvalue weighted by atomic mass is 35.5. The van der Waals surface area contributed by atoms with Crippen molar-refractivity contribution < 1.29 is 4.79 Å². The molecule has 0 bridgehead atoms. The number of nitrogens with two attached hydrogens (primary N) is 2. The molecule has 0 fully saturated rings. The molecule has 148 valence electrons. The number of anilines is 2. The molecular formula is C20H23Cl2N5O. The van der Waals surface area contributed by atoms with Crippen LogP contribution in [0.3, 0.4) is 0 Å². The maximum absolute atomic E-state index is 12.5. The van der Waals surface area contributed by atoms with Gasteiger partial charge < -0.3 is 16.8 Å². The predicted molar refractivity (Wildman–Crippen MR) is 118 cm³/mol. The van der Waals surface area contributed by atoms with Gasteiger partial charge in [-0.15, -0.1) is 0 Å². The van der Waals surface area contributed by atoms with Crippen molar-refractivity contribution in [2.45, 2.75) is 20.8 Å². The quantitative estimate of drug-likeness (QED) is 0.307. The molecule has 0 saturated heterocycles. The summed E-state index contributed by atoms with van der Waals surface area (Å²) < 4.78 is 0. The van der Waals surface area contributed by atoms with Gasteiger partial charge in [-0.1, -0.05) is 56.1 Å². The Kier molecular flexibility index (Phi) is 6.94. The first-order valence-electron chi connectivity index (χ1n) is 8.50. The van der Waals surface area contributed by atoms with Crippen molar-refractivity contribution in [3.63, 3.8) is 0 Å². The van der Waals surface area contributed by atoms with Crippen LogP contribution in [0.2, 0.25) is 10.0 Å². The lowest BCUT2D eigenvalue weighted by Crippen LogP contribution is -2.34. The van der Waals surface area contributed by atoms with Crippen molar-refractivity contribution in [1.82, 2.24) is 5.32 Å². The number of carbonyl (C=O) groups excluding carboxylic acids is 1. The second-order valence-corrected chi connectivity index (χ2v) is 7.91. The number of nitrogens with zero attached hydrogens (tertiary/aromatic N) is 1. The van der Waals surface area contributed by atoms with Gasteiger partial charge in [0.05, 0.1) is 21.4 Å². The average Bonchev–Trinajstić information content (AvgIpc) is 2.58. The number of amides is 2. The second kappa shape index (κ2) is 8.99. The molecule has 2 amide bonds. The number of rotatable bonds is 3. The van der Waals surface area contributed by atoms with Gasteiger partial charge in [-0.25, -0.2) is 9.79 Å². The van der Waals surface area contributed by atoms with Crippen LogP contribution in [0.1, 0.15) is 20.8 Å². The topological polar surface area (TPSA) is 106 Å². The number of hydrogen-bond donors (Lipinski definition) is 4. The van der Waals surface area contributed by atoms with E-state index >= 15 is 0 Å². The number of allylic oxidation sites excluding steroid dienone is 1. The number of benzene rings is 2. The lowest BCUT2D eigenvalue weighted by molar-refractivity contribution is 0.256. The maximum Gasteiger partial charge on any atom is 0.324 e. The molecule has 0 saturated carbocycles. The van der Waals surface area contributed by atoms with Crippen LogP contribution in [0.25, 0.3) is 0 Å². The standard InChI is InChI=1S/C20H23Cl2N5O/c1-20(2,3)16(24)11-17(25-13-7-4-6-12(23)10-13)27-19(28)26-15-9-5-8-14(21)18(15)22/h4-11H,23-24H2,1-3H3,(H2,25,26,27,28)/b16-11-. The summed E-state index contributed by atoms with van der Waals surface area (Å²) in [4.78, 5) is 16.9. The summed E-state index contributed by atoms with van der Waals surface area (Å²) in [5, 5.41) is 5.92. The number of halogens is 2. The number of carbonyl (C=O) groups is 1. The maximum atomic E-state index is 12.5. The Hall–Kier alpha value is -2.70. The molecule has 2 aromatic rings. The number of nitrogens with one attached hydrogen (secondary N) is 2. The number of urea groups is 1. The van der Waals surface area contributed by atoms with E-state index in [1.54, 1.807) is 48.5 Å². The minimum absolute atomic E-state index is 0.249. The molecule has 0 aliphatic heterocycles. The number of hydrogen-bond acceptors (Lipinski definition) is 4. The van der Waals surface area contributed by atoms with E-state index in [4.69, 9.17) is 34.7 Å². The van der Waals surface area contributed by atoms with Crippen molar-refractivity contribution in [2.24, 2.45) is 16.1 Å². The SMILES string of the molecule is CC(C)(C)/C(N)=C/C(=Nc1cccc(N)c1)NC(=O)Nc1cccc(Cl)c1Cl. The van der Waals surface area contributed by atoms with Crippen molar-refractivity contribution in [3.05, 3.63) is 64.3 Å². The van der Waals surface area contributed by atoms with E-state index in [0.717, 1.165) is 0 Å². The lowest BCUT2D eigenvalue weighted by Gasteiger charge is -2.19. The summed E-state index contributed by atoms with van der Waals surface area (Å²) in [5.41, 5.74) is 13.7. The molecule has 28 heavy (non-hydrogen) atoms. The van der Waals surface area contributed by atoms with Crippen LogP contribution in [-0.2, 0) is 0 Å². The molecule has 0 unspecified atom stereocenters. The van der Waals surface area contributed by atoms with Crippen LogP contribution < -0.4 is 22.1 Å². The fourth-order valence-corrected chi connectivity index (χ4v) is 2.41. The summed E-state index contributed by atoms with van der Waals surface area (Å²) in [6.07, 6.45) is 1.61. The minimum Gasteiger partial charge on any atom is -0.401 e. The van der Waals surface area contributed by atoms with Crippen molar-refractivity contribution in [3.8, 4) is 0 Å². The van der Waals surface area contributed by atoms with Crippen LogP contribution in [0.4, 0.5) is 21.9 Å². The summed E-state index contributed by atoms with van der Waals surface area (Å²) >= 11 is 12.1. The molecular weight excluding hydrogens is 397 g/mol. The summed E-state index contributed by atoms with van der Waals surface area (Å²) in [5.74, 6) is 0.258. The monoisotopic (exact) mass is 419 g/mol. The molecule has 2 aromatic carbocycles. The summed E-state index contributed by atoms with van der Waals surface area (Å²) in [7, 11) is 0. The van der Waals surface area contributed by atoms with E-state index in [9.17, 15) is 4.79 Å². The van der Waals surface area contributed by atoms with E-state index in [1.165, 1.54) is 0 Å². The van der Waals surface area contributed by atoms with Crippen LogP contribution in [-0.4, -0.2) is 11.9 Å². The van der Waals surface area contributed by atoms with E-state index in [1.807, 2.05) is 20.8 Å². The molecule has 0 aliphatic carbocycles. The fourth-order valence-electron chi connectivity index (χ4n) is 2.06. The van der Waals surface area contributed by atoms with Gasteiger partial charge in [0.15, 0.2) is 0 Å². The first-order valence-corrected chi connectivity index (χ1v) is 9.26. The number of amidine groups is 1. The van der Waals surface area contributed by atoms with Gasteiger partial charge in [0, 0.05) is 22.9 Å². The summed E-state index contributed by atoms with van der Waals surface area (Å²) in [6, 6.07) is 11.4. The Morgan fingerprint density at radius 3 is 2.46 bits per heavy atom. The lowest BCUT2D eigenvalue weighted by atomic mass is 9.92. The Labute approximate surface area is 174 Å². The Morgan fingerprint density at radius 2 is 1.82 bits per heavy atom. The Bertz CT molecular complexity index is 932. The van der Waals surface area contributed by atoms with Crippen LogP contribution in [0.15, 0.2) is 59.2 Å². The zero-order chi connectivity index (χ0) is 20.9. The zero-order valence-electron chi connectivity index (χ0n) is 15.9. The molecule has 6 N–H and O–H groups in total. The third kappa shape index (κ3) is 6.18. The highest BCUT2D eigenvalue weighted by molar-refractivity contribution is 6.44. The molecule has 0 aromatic heterocycles. The predicted octanol–water partition coefficient (Wildman–Crippen LogP) is 5.32. The first kappa shape index (κ1) is 21.6.